The van der Waals surface area contributed by atoms with Crippen molar-refractivity contribution in [3.63, 3.8) is 0 Å². The number of alkyl carbamates (subject to hydrolysis) is 1. The molecule has 5 nitrogen and oxygen atoms in total. The van der Waals surface area contributed by atoms with Gasteiger partial charge in [0.1, 0.15) is 5.60 Å². The molecule has 2 rings (SSSR count). The molecule has 0 aromatic heterocycles. The highest BCUT2D eigenvalue weighted by atomic mass is 79.9. The number of halogens is 1. The standard InChI is InChI=1S/C15H18BrNO4/c1-14(2,3)21-13(20)17-15(4-5-15)10-6-9(12(18)19)7-11(16)8-10/h6-8H,4-5H2,1-3H3,(H,17,20)(H,18,19). The van der Waals surface area contributed by atoms with Crippen LogP contribution < -0.4 is 5.32 Å². The summed E-state index contributed by atoms with van der Waals surface area (Å²) in [6.07, 6.45) is 1.04. The molecule has 1 aromatic rings. The summed E-state index contributed by atoms with van der Waals surface area (Å²) in [7, 11) is 0. The number of rotatable bonds is 3. The van der Waals surface area contributed by atoms with Gasteiger partial charge in [-0.15, -0.1) is 0 Å². The van der Waals surface area contributed by atoms with E-state index in [0.29, 0.717) is 4.47 Å². The first-order chi connectivity index (χ1) is 9.61. The third kappa shape index (κ3) is 3.97. The Kier molecular flexibility index (Phi) is 4.02. The summed E-state index contributed by atoms with van der Waals surface area (Å²) in [4.78, 5) is 23.1. The lowest BCUT2D eigenvalue weighted by Crippen LogP contribution is -2.39. The molecule has 0 atom stereocenters. The van der Waals surface area contributed by atoms with E-state index in [1.807, 2.05) is 6.07 Å². The van der Waals surface area contributed by atoms with Crippen LogP contribution in [0.4, 0.5) is 4.79 Å². The molecule has 114 valence electrons. The fraction of sp³-hybridized carbons (Fsp3) is 0.467. The molecule has 0 radical (unpaired) electrons. The molecule has 0 unspecified atom stereocenters. The van der Waals surface area contributed by atoms with Gasteiger partial charge >= 0.3 is 12.1 Å². The highest BCUT2D eigenvalue weighted by Gasteiger charge is 2.47. The zero-order valence-corrected chi connectivity index (χ0v) is 13.8. The van der Waals surface area contributed by atoms with Crippen LogP contribution in [0.15, 0.2) is 22.7 Å². The highest BCUT2D eigenvalue weighted by Crippen LogP contribution is 2.46. The molecule has 2 N–H and O–H groups in total. The van der Waals surface area contributed by atoms with E-state index in [2.05, 4.69) is 21.2 Å². The van der Waals surface area contributed by atoms with E-state index in [9.17, 15) is 9.59 Å². The second-order valence-electron chi connectivity index (χ2n) is 6.24. The summed E-state index contributed by atoms with van der Waals surface area (Å²) in [5.74, 6) is -0.995. The average Bonchev–Trinajstić information content (AvgIpc) is 3.06. The topological polar surface area (TPSA) is 75.6 Å². The predicted molar refractivity (Wildman–Crippen MR) is 81.4 cm³/mol. The van der Waals surface area contributed by atoms with Crippen LogP contribution in [0.3, 0.4) is 0 Å². The largest absolute Gasteiger partial charge is 0.478 e. The molecule has 1 aliphatic rings. The minimum Gasteiger partial charge on any atom is -0.478 e. The monoisotopic (exact) mass is 355 g/mol. The molecular formula is C15H18BrNO4. The van der Waals surface area contributed by atoms with Crippen molar-refractivity contribution in [2.24, 2.45) is 0 Å². The number of hydrogen-bond donors (Lipinski definition) is 2. The summed E-state index contributed by atoms with van der Waals surface area (Å²) in [5.41, 5.74) is -0.114. The van der Waals surface area contributed by atoms with E-state index in [0.717, 1.165) is 18.4 Å². The first-order valence-electron chi connectivity index (χ1n) is 6.67. The number of ether oxygens (including phenoxy) is 1. The van der Waals surface area contributed by atoms with Gasteiger partial charge in [0.05, 0.1) is 11.1 Å². The van der Waals surface area contributed by atoms with Crippen molar-refractivity contribution >= 4 is 28.0 Å². The van der Waals surface area contributed by atoms with Gasteiger partial charge in [0.15, 0.2) is 0 Å². The normalized spacial score (nSPS) is 16.2. The van der Waals surface area contributed by atoms with Crippen molar-refractivity contribution in [2.75, 3.05) is 0 Å². The number of carbonyl (C=O) groups is 2. The summed E-state index contributed by atoms with van der Waals surface area (Å²) < 4.78 is 5.94. The Morgan fingerprint density at radius 2 is 1.90 bits per heavy atom. The summed E-state index contributed by atoms with van der Waals surface area (Å²) in [5, 5.41) is 12.0. The van der Waals surface area contributed by atoms with Crippen LogP contribution in [0, 0.1) is 0 Å². The molecular weight excluding hydrogens is 338 g/mol. The molecule has 1 fully saturated rings. The fourth-order valence-electron chi connectivity index (χ4n) is 2.10. The van der Waals surface area contributed by atoms with E-state index in [1.165, 1.54) is 6.07 Å². The smallest absolute Gasteiger partial charge is 0.408 e. The third-order valence-electron chi connectivity index (χ3n) is 3.19. The van der Waals surface area contributed by atoms with Crippen LogP contribution in [0.2, 0.25) is 0 Å². The zero-order valence-electron chi connectivity index (χ0n) is 12.2. The van der Waals surface area contributed by atoms with Gasteiger partial charge < -0.3 is 15.2 Å². The van der Waals surface area contributed by atoms with Gasteiger partial charge in [-0.05, 0) is 57.4 Å². The van der Waals surface area contributed by atoms with E-state index < -0.39 is 23.2 Å². The van der Waals surface area contributed by atoms with Gasteiger partial charge in [-0.3, -0.25) is 0 Å². The van der Waals surface area contributed by atoms with Gasteiger partial charge in [-0.2, -0.15) is 0 Å². The Balaban J connectivity index is 2.21. The number of carbonyl (C=O) groups excluding carboxylic acids is 1. The molecule has 1 aliphatic carbocycles. The maximum atomic E-state index is 11.9. The molecule has 0 saturated heterocycles. The average molecular weight is 356 g/mol. The third-order valence-corrected chi connectivity index (χ3v) is 3.65. The highest BCUT2D eigenvalue weighted by molar-refractivity contribution is 9.10. The van der Waals surface area contributed by atoms with Crippen LogP contribution in [-0.2, 0) is 10.3 Å². The summed E-state index contributed by atoms with van der Waals surface area (Å²) in [6, 6.07) is 4.96. The quantitative estimate of drug-likeness (QED) is 0.867. The maximum absolute atomic E-state index is 11.9. The lowest BCUT2D eigenvalue weighted by molar-refractivity contribution is 0.0495. The van der Waals surface area contributed by atoms with Crippen molar-refractivity contribution < 1.29 is 19.4 Å². The van der Waals surface area contributed by atoms with Crippen LogP contribution >= 0.6 is 15.9 Å². The first-order valence-corrected chi connectivity index (χ1v) is 7.46. The van der Waals surface area contributed by atoms with Crippen LogP contribution in [0.5, 0.6) is 0 Å². The number of carboxylic acids is 1. The van der Waals surface area contributed by atoms with Crippen molar-refractivity contribution in [3.8, 4) is 0 Å². The second kappa shape index (κ2) is 5.33. The van der Waals surface area contributed by atoms with Gasteiger partial charge in [-0.1, -0.05) is 15.9 Å². The number of hydrogen-bond acceptors (Lipinski definition) is 3. The van der Waals surface area contributed by atoms with Gasteiger partial charge in [0.25, 0.3) is 0 Å². The van der Waals surface area contributed by atoms with E-state index >= 15 is 0 Å². The molecule has 21 heavy (non-hydrogen) atoms. The van der Waals surface area contributed by atoms with Gasteiger partial charge in [0.2, 0.25) is 0 Å². The number of aromatic carboxylic acids is 1. The van der Waals surface area contributed by atoms with Crippen molar-refractivity contribution in [1.29, 1.82) is 0 Å². The van der Waals surface area contributed by atoms with E-state index in [4.69, 9.17) is 9.84 Å². The first kappa shape index (κ1) is 15.8. The second-order valence-corrected chi connectivity index (χ2v) is 7.16. The molecule has 0 bridgehead atoms. The number of nitrogens with one attached hydrogen (secondary N) is 1. The molecule has 1 aromatic carbocycles. The fourth-order valence-corrected chi connectivity index (χ4v) is 2.59. The van der Waals surface area contributed by atoms with E-state index in [-0.39, 0.29) is 5.56 Å². The Morgan fingerprint density at radius 3 is 2.38 bits per heavy atom. The minimum atomic E-state index is -0.995. The maximum Gasteiger partial charge on any atom is 0.408 e. The molecule has 0 aliphatic heterocycles. The number of amides is 1. The molecule has 1 amide bonds. The van der Waals surface area contributed by atoms with Crippen LogP contribution in [-0.4, -0.2) is 22.8 Å². The van der Waals surface area contributed by atoms with Gasteiger partial charge in [0, 0.05) is 4.47 Å². The Hall–Kier alpha value is -1.56. The van der Waals surface area contributed by atoms with Crippen molar-refractivity contribution in [1.82, 2.24) is 5.32 Å². The van der Waals surface area contributed by atoms with Gasteiger partial charge in [-0.25, -0.2) is 9.59 Å². The summed E-state index contributed by atoms with van der Waals surface area (Å²) >= 11 is 3.31. The van der Waals surface area contributed by atoms with E-state index in [1.54, 1.807) is 26.8 Å². The number of benzene rings is 1. The lowest BCUT2D eigenvalue weighted by Gasteiger charge is -2.24. The van der Waals surface area contributed by atoms with Crippen LogP contribution in [0.25, 0.3) is 0 Å². The molecule has 6 heteroatoms. The SMILES string of the molecule is CC(C)(C)OC(=O)NC1(c2cc(Br)cc(C(=O)O)c2)CC1. The Bertz CT molecular complexity index is 588. The van der Waals surface area contributed by atoms with Crippen molar-refractivity contribution in [2.45, 2.75) is 44.8 Å². The molecule has 0 spiro atoms. The predicted octanol–water partition coefficient (Wildman–Crippen LogP) is 3.66. The molecule has 1 saturated carbocycles. The van der Waals surface area contributed by atoms with Crippen molar-refractivity contribution in [3.05, 3.63) is 33.8 Å². The zero-order chi connectivity index (χ0) is 15.8. The Labute approximate surface area is 131 Å². The summed E-state index contributed by atoms with van der Waals surface area (Å²) in [6.45, 7) is 5.40. The minimum absolute atomic E-state index is 0.191. The molecule has 0 heterocycles. The number of carboxylic acid groups (broad SMARTS) is 1. The Morgan fingerprint density at radius 1 is 1.29 bits per heavy atom. The van der Waals surface area contributed by atoms with Crippen LogP contribution in [0.1, 0.15) is 49.5 Å². The lowest BCUT2D eigenvalue weighted by atomic mass is 10.0.